The third-order valence-electron chi connectivity index (χ3n) is 2.44. The standard InChI is InChI=1S/C14H14N4O2/c1-10-5-13(20-18-10)9-17-14(19)12-6-11(3-2-4-15)7-16-8-12/h5-8H,4,9,15H2,1H3,(H,17,19). The van der Waals surface area contributed by atoms with Crippen LogP contribution >= 0.6 is 0 Å². The number of hydrogen-bond acceptors (Lipinski definition) is 5. The average Bonchev–Trinajstić information content (AvgIpc) is 2.88. The van der Waals surface area contributed by atoms with Gasteiger partial charge in [-0.05, 0) is 13.0 Å². The molecule has 102 valence electrons. The minimum atomic E-state index is -0.247. The lowest BCUT2D eigenvalue weighted by atomic mass is 10.2. The first kappa shape index (κ1) is 13.8. The SMILES string of the molecule is Cc1cc(CNC(=O)c2cncc(C#CCN)c2)on1. The molecule has 0 aliphatic heterocycles. The number of amides is 1. The number of pyridine rings is 1. The molecule has 2 rings (SSSR count). The molecular formula is C14H14N4O2. The predicted molar refractivity (Wildman–Crippen MR) is 72.6 cm³/mol. The largest absolute Gasteiger partial charge is 0.359 e. The van der Waals surface area contributed by atoms with E-state index < -0.39 is 0 Å². The lowest BCUT2D eigenvalue weighted by Crippen LogP contribution is -2.22. The molecule has 0 fully saturated rings. The molecule has 2 aromatic rings. The van der Waals surface area contributed by atoms with Crippen LogP contribution in [0.3, 0.4) is 0 Å². The minimum Gasteiger partial charge on any atom is -0.359 e. The van der Waals surface area contributed by atoms with Gasteiger partial charge in [0.15, 0.2) is 5.76 Å². The summed E-state index contributed by atoms with van der Waals surface area (Å²) >= 11 is 0. The van der Waals surface area contributed by atoms with Crippen LogP contribution in [0.2, 0.25) is 0 Å². The van der Waals surface area contributed by atoms with E-state index in [1.54, 1.807) is 18.3 Å². The fourth-order valence-corrected chi connectivity index (χ4v) is 1.55. The van der Waals surface area contributed by atoms with Gasteiger partial charge in [0.05, 0.1) is 24.3 Å². The number of nitrogens with zero attached hydrogens (tertiary/aromatic N) is 2. The molecule has 0 atom stereocenters. The van der Waals surface area contributed by atoms with Crippen molar-refractivity contribution in [3.05, 3.63) is 47.1 Å². The summed E-state index contributed by atoms with van der Waals surface area (Å²) in [7, 11) is 0. The van der Waals surface area contributed by atoms with E-state index in [4.69, 9.17) is 10.3 Å². The van der Waals surface area contributed by atoms with Gasteiger partial charge in [-0.1, -0.05) is 17.0 Å². The highest BCUT2D eigenvalue weighted by atomic mass is 16.5. The maximum Gasteiger partial charge on any atom is 0.253 e. The lowest BCUT2D eigenvalue weighted by molar-refractivity contribution is 0.0946. The molecule has 0 saturated heterocycles. The summed E-state index contributed by atoms with van der Waals surface area (Å²) in [5.41, 5.74) is 7.16. The molecule has 0 aliphatic carbocycles. The van der Waals surface area contributed by atoms with E-state index in [-0.39, 0.29) is 19.0 Å². The Morgan fingerprint density at radius 3 is 3.00 bits per heavy atom. The van der Waals surface area contributed by atoms with Crippen LogP contribution in [0, 0.1) is 18.8 Å². The Hall–Kier alpha value is -2.65. The highest BCUT2D eigenvalue weighted by molar-refractivity contribution is 5.94. The fourth-order valence-electron chi connectivity index (χ4n) is 1.55. The molecule has 3 N–H and O–H groups in total. The van der Waals surface area contributed by atoms with Crippen LogP contribution in [0.4, 0.5) is 0 Å². The number of aryl methyl sites for hydroxylation is 1. The molecule has 0 unspecified atom stereocenters. The van der Waals surface area contributed by atoms with Gasteiger partial charge in [0.25, 0.3) is 5.91 Å². The van der Waals surface area contributed by atoms with Crippen molar-refractivity contribution in [2.24, 2.45) is 5.73 Å². The molecule has 1 amide bonds. The predicted octanol–water partition coefficient (Wildman–Crippen LogP) is 0.618. The van der Waals surface area contributed by atoms with Crippen LogP contribution in [0.25, 0.3) is 0 Å². The van der Waals surface area contributed by atoms with E-state index in [2.05, 4.69) is 27.3 Å². The van der Waals surface area contributed by atoms with Crippen molar-refractivity contribution in [2.45, 2.75) is 13.5 Å². The van der Waals surface area contributed by atoms with Crippen molar-refractivity contribution < 1.29 is 9.32 Å². The molecule has 0 spiro atoms. The highest BCUT2D eigenvalue weighted by Gasteiger charge is 2.08. The lowest BCUT2D eigenvalue weighted by Gasteiger charge is -2.02. The molecule has 0 saturated carbocycles. The highest BCUT2D eigenvalue weighted by Crippen LogP contribution is 2.04. The van der Waals surface area contributed by atoms with Crippen molar-refractivity contribution in [2.75, 3.05) is 6.54 Å². The van der Waals surface area contributed by atoms with Gasteiger partial charge in [0.2, 0.25) is 0 Å². The van der Waals surface area contributed by atoms with Crippen LogP contribution in [0.15, 0.2) is 29.0 Å². The van der Waals surface area contributed by atoms with Crippen LogP contribution in [0.5, 0.6) is 0 Å². The van der Waals surface area contributed by atoms with E-state index in [9.17, 15) is 4.79 Å². The van der Waals surface area contributed by atoms with Gasteiger partial charge >= 0.3 is 0 Å². The van der Waals surface area contributed by atoms with Crippen molar-refractivity contribution in [1.82, 2.24) is 15.5 Å². The second kappa shape index (κ2) is 6.50. The average molecular weight is 270 g/mol. The van der Waals surface area contributed by atoms with E-state index in [0.717, 1.165) is 5.69 Å². The van der Waals surface area contributed by atoms with Crippen molar-refractivity contribution >= 4 is 5.91 Å². The van der Waals surface area contributed by atoms with Crippen molar-refractivity contribution in [3.8, 4) is 11.8 Å². The van der Waals surface area contributed by atoms with Gasteiger partial charge in [-0.15, -0.1) is 0 Å². The van der Waals surface area contributed by atoms with E-state index in [1.807, 2.05) is 6.92 Å². The van der Waals surface area contributed by atoms with Crippen molar-refractivity contribution in [3.63, 3.8) is 0 Å². The zero-order chi connectivity index (χ0) is 14.4. The third kappa shape index (κ3) is 3.67. The number of aromatic nitrogens is 2. The number of nitrogens with one attached hydrogen (secondary N) is 1. The molecule has 0 radical (unpaired) electrons. The van der Waals surface area contributed by atoms with Crippen LogP contribution in [0.1, 0.15) is 27.4 Å². The van der Waals surface area contributed by atoms with Crippen LogP contribution in [-0.2, 0) is 6.54 Å². The van der Waals surface area contributed by atoms with Gasteiger partial charge < -0.3 is 15.6 Å². The Balaban J connectivity index is 2.01. The third-order valence-corrected chi connectivity index (χ3v) is 2.44. The number of hydrogen-bond donors (Lipinski definition) is 2. The maximum atomic E-state index is 12.0. The van der Waals surface area contributed by atoms with Crippen LogP contribution < -0.4 is 11.1 Å². The van der Waals surface area contributed by atoms with Gasteiger partial charge in [-0.3, -0.25) is 9.78 Å². The second-order valence-electron chi connectivity index (χ2n) is 4.09. The van der Waals surface area contributed by atoms with E-state index in [0.29, 0.717) is 16.9 Å². The summed E-state index contributed by atoms with van der Waals surface area (Å²) in [6, 6.07) is 3.43. The molecule has 0 bridgehead atoms. The summed E-state index contributed by atoms with van der Waals surface area (Å²) in [5, 5.41) is 6.47. The number of nitrogens with two attached hydrogens (primary N) is 1. The first-order valence-corrected chi connectivity index (χ1v) is 6.03. The Morgan fingerprint density at radius 2 is 2.30 bits per heavy atom. The molecule has 2 aromatic heterocycles. The first-order chi connectivity index (χ1) is 9.69. The second-order valence-corrected chi connectivity index (χ2v) is 4.09. The maximum absolute atomic E-state index is 12.0. The summed E-state index contributed by atoms with van der Waals surface area (Å²) in [4.78, 5) is 15.9. The first-order valence-electron chi connectivity index (χ1n) is 6.03. The number of carbonyl (C=O) groups is 1. The Kier molecular flexibility index (Phi) is 4.47. The van der Waals surface area contributed by atoms with Crippen molar-refractivity contribution in [1.29, 1.82) is 0 Å². The topological polar surface area (TPSA) is 94.0 Å². The van der Waals surface area contributed by atoms with Gasteiger partial charge in [0.1, 0.15) is 0 Å². The molecule has 6 heteroatoms. The number of rotatable bonds is 3. The van der Waals surface area contributed by atoms with Gasteiger partial charge in [-0.2, -0.15) is 0 Å². The molecule has 6 nitrogen and oxygen atoms in total. The van der Waals surface area contributed by atoms with Crippen LogP contribution in [-0.4, -0.2) is 22.6 Å². The fraction of sp³-hybridized carbons (Fsp3) is 0.214. The summed E-state index contributed by atoms with van der Waals surface area (Å²) < 4.78 is 5.01. The van der Waals surface area contributed by atoms with E-state index >= 15 is 0 Å². The normalized spacial score (nSPS) is 9.70. The van der Waals surface area contributed by atoms with Gasteiger partial charge in [0, 0.05) is 24.0 Å². The Morgan fingerprint density at radius 1 is 1.45 bits per heavy atom. The molecule has 20 heavy (non-hydrogen) atoms. The summed E-state index contributed by atoms with van der Waals surface area (Å²) in [6.45, 7) is 2.36. The van der Waals surface area contributed by atoms with E-state index in [1.165, 1.54) is 6.20 Å². The molecule has 2 heterocycles. The quantitative estimate of drug-likeness (QED) is 0.797. The molecular weight excluding hydrogens is 256 g/mol. The summed E-state index contributed by atoms with van der Waals surface area (Å²) in [6.07, 6.45) is 3.06. The zero-order valence-electron chi connectivity index (χ0n) is 11.0. The minimum absolute atomic E-state index is 0.247. The molecule has 0 aromatic carbocycles. The molecule has 0 aliphatic rings. The Labute approximate surface area is 116 Å². The monoisotopic (exact) mass is 270 g/mol. The smallest absolute Gasteiger partial charge is 0.253 e. The zero-order valence-corrected chi connectivity index (χ0v) is 11.0. The summed E-state index contributed by atoms with van der Waals surface area (Å²) in [5.74, 6) is 5.90. The Bertz CT molecular complexity index is 667. The van der Waals surface area contributed by atoms with Gasteiger partial charge in [-0.25, -0.2) is 0 Å². The number of carbonyl (C=O) groups excluding carboxylic acids is 1.